The van der Waals surface area contributed by atoms with Crippen LogP contribution in [0.3, 0.4) is 0 Å². The Morgan fingerprint density at radius 3 is 1.90 bits per heavy atom. The van der Waals surface area contributed by atoms with E-state index < -0.39 is 0 Å². The molecule has 2 unspecified atom stereocenters. The summed E-state index contributed by atoms with van der Waals surface area (Å²) in [5.74, 6) is 0.203. The number of fused-ring (bicyclic) bond motifs is 10. The Morgan fingerprint density at radius 2 is 1.15 bits per heavy atom. The average molecular weight is 794 g/mol. The molecule has 4 heterocycles. The maximum Gasteiger partial charge on any atom is 0.0706 e. The van der Waals surface area contributed by atoms with Gasteiger partial charge in [-0.25, -0.2) is 0 Å². The van der Waals surface area contributed by atoms with E-state index in [1.165, 1.54) is 94.3 Å². The van der Waals surface area contributed by atoms with Crippen LogP contribution >= 0.6 is 0 Å². The van der Waals surface area contributed by atoms with Gasteiger partial charge in [0.2, 0.25) is 0 Å². The highest BCUT2D eigenvalue weighted by Crippen LogP contribution is 2.57. The molecule has 8 aromatic carbocycles. The molecule has 294 valence electrons. The molecule has 13 rings (SSSR count). The number of benzene rings is 8. The van der Waals surface area contributed by atoms with Crippen LogP contribution in [0.15, 0.2) is 206 Å². The lowest BCUT2D eigenvalue weighted by atomic mass is 9.82. The molecule has 62 heavy (non-hydrogen) atoms. The van der Waals surface area contributed by atoms with Crippen LogP contribution in [0.1, 0.15) is 42.5 Å². The van der Waals surface area contributed by atoms with Crippen LogP contribution in [0.4, 0.5) is 28.4 Å². The molecule has 0 fully saturated rings. The van der Waals surface area contributed by atoms with E-state index in [-0.39, 0.29) is 17.4 Å². The van der Waals surface area contributed by atoms with Gasteiger partial charge in [0.15, 0.2) is 0 Å². The van der Waals surface area contributed by atoms with E-state index in [2.05, 4.69) is 241 Å². The number of anilines is 5. The van der Waals surface area contributed by atoms with Crippen LogP contribution in [-0.4, -0.2) is 4.57 Å². The fourth-order valence-corrected chi connectivity index (χ4v) is 11.3. The van der Waals surface area contributed by atoms with Crippen molar-refractivity contribution < 1.29 is 0 Å². The third-order valence-electron chi connectivity index (χ3n) is 14.1. The fraction of sp³-hybridized carbons (Fsp3) is 0.0847. The predicted octanol–water partition coefficient (Wildman–Crippen LogP) is 13.7. The molecule has 0 bridgehead atoms. The second-order valence-electron chi connectivity index (χ2n) is 17.7. The summed E-state index contributed by atoms with van der Waals surface area (Å²) < 4.78 is 2.60. The largest absolute Gasteiger partial charge is 0.331 e. The molecule has 2 atom stereocenters. The summed E-state index contributed by atoms with van der Waals surface area (Å²) in [5.41, 5.74) is 18.8. The molecule has 3 heteroatoms. The number of nitrogens with zero attached hydrogens (tertiary/aromatic N) is 3. The van der Waals surface area contributed by atoms with E-state index in [1.807, 2.05) is 0 Å². The normalized spacial score (nSPS) is 17.0. The van der Waals surface area contributed by atoms with Crippen LogP contribution < -0.4 is 20.5 Å². The van der Waals surface area contributed by atoms with Gasteiger partial charge >= 0.3 is 0 Å². The average Bonchev–Trinajstić information content (AvgIpc) is 4.03. The van der Waals surface area contributed by atoms with Crippen LogP contribution in [-0.2, 0) is 5.41 Å². The number of rotatable bonds is 6. The van der Waals surface area contributed by atoms with Gasteiger partial charge < -0.3 is 14.4 Å². The quantitative estimate of drug-likeness (QED) is 0.166. The zero-order valence-electron chi connectivity index (χ0n) is 34.7. The molecule has 0 saturated carbocycles. The van der Waals surface area contributed by atoms with Gasteiger partial charge in [0.25, 0.3) is 0 Å². The number of para-hydroxylation sites is 1. The van der Waals surface area contributed by atoms with Gasteiger partial charge in [0, 0.05) is 49.8 Å². The van der Waals surface area contributed by atoms with E-state index in [9.17, 15) is 0 Å². The summed E-state index contributed by atoms with van der Waals surface area (Å²) in [5, 5.41) is 5.29. The van der Waals surface area contributed by atoms with Gasteiger partial charge in [-0.05, 0) is 105 Å². The minimum absolute atomic E-state index is 0.0995. The Morgan fingerprint density at radius 1 is 0.532 bits per heavy atom. The number of hydrogen-bond acceptors (Lipinski definition) is 2. The molecule has 0 N–H and O–H groups in total. The molecule has 0 saturated heterocycles. The van der Waals surface area contributed by atoms with E-state index in [4.69, 9.17) is 0 Å². The molecular formula is C59H43N3. The second kappa shape index (κ2) is 13.2. The number of aromatic nitrogens is 1. The third kappa shape index (κ3) is 4.94. The lowest BCUT2D eigenvalue weighted by molar-refractivity contribution is 0.576. The first-order valence-corrected chi connectivity index (χ1v) is 21.8. The van der Waals surface area contributed by atoms with Crippen molar-refractivity contribution in [2.45, 2.75) is 31.2 Å². The summed E-state index contributed by atoms with van der Waals surface area (Å²) >= 11 is 0. The van der Waals surface area contributed by atoms with Crippen molar-refractivity contribution in [3.8, 4) is 33.4 Å². The molecule has 1 aromatic heterocycles. The third-order valence-corrected chi connectivity index (χ3v) is 14.1. The molecule has 4 aliphatic rings. The van der Waals surface area contributed by atoms with Crippen molar-refractivity contribution in [3.05, 3.63) is 234 Å². The van der Waals surface area contributed by atoms with Gasteiger partial charge in [-0.15, -0.1) is 0 Å². The summed E-state index contributed by atoms with van der Waals surface area (Å²) in [4.78, 5) is 4.99. The van der Waals surface area contributed by atoms with Crippen LogP contribution in [0, 0.1) is 0 Å². The first-order chi connectivity index (χ1) is 30.5. The Labute approximate surface area is 362 Å². The molecule has 3 aliphatic heterocycles. The summed E-state index contributed by atoms with van der Waals surface area (Å²) in [6.07, 6.45) is 6.98. The lowest BCUT2D eigenvalue weighted by Crippen LogP contribution is -2.29. The smallest absolute Gasteiger partial charge is 0.0706 e. The zero-order chi connectivity index (χ0) is 41.1. The van der Waals surface area contributed by atoms with Gasteiger partial charge in [0.05, 0.1) is 28.7 Å². The van der Waals surface area contributed by atoms with Crippen molar-refractivity contribution in [3.63, 3.8) is 0 Å². The summed E-state index contributed by atoms with van der Waals surface area (Å²) in [6.45, 7) is 4.72. The highest BCUT2D eigenvalue weighted by atomic mass is 15.2. The Hall–Kier alpha value is -7.62. The van der Waals surface area contributed by atoms with Crippen LogP contribution in [0.5, 0.6) is 0 Å². The minimum atomic E-state index is -0.0995. The second-order valence-corrected chi connectivity index (χ2v) is 17.7. The Kier molecular flexibility index (Phi) is 7.48. The molecular weight excluding hydrogens is 751 g/mol. The fourth-order valence-electron chi connectivity index (χ4n) is 11.3. The summed E-state index contributed by atoms with van der Waals surface area (Å²) in [6, 6.07) is 72.0. The van der Waals surface area contributed by atoms with E-state index >= 15 is 0 Å². The van der Waals surface area contributed by atoms with E-state index in [0.29, 0.717) is 0 Å². The maximum absolute atomic E-state index is 2.60. The van der Waals surface area contributed by atoms with Gasteiger partial charge in [-0.1, -0.05) is 166 Å². The minimum Gasteiger partial charge on any atom is -0.331 e. The maximum atomic E-state index is 2.60. The van der Waals surface area contributed by atoms with Gasteiger partial charge in [-0.2, -0.15) is 0 Å². The van der Waals surface area contributed by atoms with Crippen LogP contribution in [0.2, 0.25) is 0 Å². The summed E-state index contributed by atoms with van der Waals surface area (Å²) in [7, 11) is 0. The first-order valence-electron chi connectivity index (χ1n) is 21.8. The van der Waals surface area contributed by atoms with Crippen molar-refractivity contribution in [2.24, 2.45) is 0 Å². The lowest BCUT2D eigenvalue weighted by Gasteiger charge is -2.29. The van der Waals surface area contributed by atoms with Gasteiger partial charge in [-0.3, -0.25) is 0 Å². The van der Waals surface area contributed by atoms with Crippen molar-refractivity contribution in [1.29, 1.82) is 0 Å². The molecule has 1 aliphatic carbocycles. The van der Waals surface area contributed by atoms with E-state index in [1.54, 1.807) is 0 Å². The zero-order valence-corrected chi connectivity index (χ0v) is 34.7. The SMILES string of the molecule is CC1(C)c2ccccc2-c2c(N(c3ccc(-c4ccccc4)cc3)c3ccc(-c4ccc5c(c4)C4C(=c6c7ccccc7c7n6C4C=CC=7)N5c4ccccc4)cc3)cccc21. The van der Waals surface area contributed by atoms with Crippen molar-refractivity contribution in [2.75, 3.05) is 9.80 Å². The van der Waals surface area contributed by atoms with Crippen LogP contribution in [0.25, 0.3) is 55.9 Å². The van der Waals surface area contributed by atoms with Crippen molar-refractivity contribution in [1.82, 2.24) is 4.57 Å². The number of hydrogen-bond donors (Lipinski definition) is 0. The van der Waals surface area contributed by atoms with Crippen molar-refractivity contribution >= 4 is 51.0 Å². The highest BCUT2D eigenvalue weighted by Gasteiger charge is 2.46. The Balaban J connectivity index is 0.945. The van der Waals surface area contributed by atoms with Gasteiger partial charge in [0.1, 0.15) is 0 Å². The first kappa shape index (κ1) is 35.2. The Bertz CT molecular complexity index is 3430. The highest BCUT2D eigenvalue weighted by molar-refractivity contribution is 5.99. The monoisotopic (exact) mass is 793 g/mol. The number of allylic oxidation sites excluding steroid dienone is 2. The predicted molar refractivity (Wildman–Crippen MR) is 258 cm³/mol. The molecule has 0 spiro atoms. The topological polar surface area (TPSA) is 11.4 Å². The standard InChI is InChI=1S/C59H43N3/c1-59(2)49-22-12-11-21-47(49)55-50(59)23-13-25-53(55)60(43-32-27-39(28-33-43)38-15-5-3-6-16-38)44-34-29-40(30-35-44)41-31-36-52-48(37-41)56-54-26-14-24-51-45-19-9-10-20-46(45)57(62(51)54)58(56)61(52)42-17-7-4-8-18-42/h3-37,54,56H,1-2H3. The molecule has 9 aromatic rings. The molecule has 0 amide bonds. The van der Waals surface area contributed by atoms with E-state index in [0.717, 1.165) is 11.4 Å². The molecule has 3 nitrogen and oxygen atoms in total. The molecule has 0 radical (unpaired) electrons.